The number of nitrogens with zero attached hydrogens (tertiary/aromatic N) is 4. The molecule has 2 aromatic carbocycles. The van der Waals surface area contributed by atoms with E-state index in [0.717, 1.165) is 11.8 Å². The van der Waals surface area contributed by atoms with Crippen molar-refractivity contribution in [3.05, 3.63) is 69.2 Å². The predicted molar refractivity (Wildman–Crippen MR) is 119 cm³/mol. The van der Waals surface area contributed by atoms with Crippen molar-refractivity contribution >= 4 is 40.6 Å². The van der Waals surface area contributed by atoms with Crippen LogP contribution in [0.4, 0.5) is 15.8 Å². The minimum absolute atomic E-state index is 0.00957. The molecule has 0 radical (unpaired) electrons. The number of carbonyl (C=O) groups excluding carboxylic acids is 1. The highest BCUT2D eigenvalue weighted by atomic mass is 35.5. The summed E-state index contributed by atoms with van der Waals surface area (Å²) < 4.78 is 20.7. The fourth-order valence-corrected chi connectivity index (χ4v) is 3.79. The Labute approximate surface area is 192 Å². The zero-order valence-electron chi connectivity index (χ0n) is 17.1. The van der Waals surface area contributed by atoms with Crippen LogP contribution in [0.3, 0.4) is 0 Å². The number of amides is 1. The van der Waals surface area contributed by atoms with Crippen molar-refractivity contribution in [1.29, 1.82) is 0 Å². The Morgan fingerprint density at radius 3 is 2.69 bits per heavy atom. The Morgan fingerprint density at radius 2 is 2.03 bits per heavy atom. The molecule has 12 heteroatoms. The molecule has 3 aromatic rings. The first-order valence-electron chi connectivity index (χ1n) is 9.50. The summed E-state index contributed by atoms with van der Waals surface area (Å²) in [5, 5.41) is 22.5. The van der Waals surface area contributed by atoms with Crippen molar-refractivity contribution in [2.45, 2.75) is 31.7 Å². The van der Waals surface area contributed by atoms with Gasteiger partial charge in [0.25, 0.3) is 5.69 Å². The molecule has 3 rings (SSSR count). The zero-order valence-corrected chi connectivity index (χ0v) is 18.7. The molecule has 1 atom stereocenters. The van der Waals surface area contributed by atoms with Crippen LogP contribution in [0.2, 0.25) is 5.02 Å². The highest BCUT2D eigenvalue weighted by Gasteiger charge is 2.20. The number of benzene rings is 2. The molecule has 1 amide bonds. The second kappa shape index (κ2) is 10.4. The van der Waals surface area contributed by atoms with E-state index >= 15 is 0 Å². The molecule has 0 aliphatic heterocycles. The molecule has 0 spiro atoms. The molecule has 0 saturated heterocycles. The van der Waals surface area contributed by atoms with E-state index in [4.69, 9.17) is 16.3 Å². The fraction of sp³-hybridized carbons (Fsp3) is 0.250. The Morgan fingerprint density at radius 1 is 1.31 bits per heavy atom. The monoisotopic (exact) mass is 479 g/mol. The van der Waals surface area contributed by atoms with Gasteiger partial charge in [0.2, 0.25) is 5.91 Å². The number of nitro groups is 1. The van der Waals surface area contributed by atoms with E-state index in [2.05, 4.69) is 15.5 Å². The molecule has 0 saturated carbocycles. The molecule has 0 bridgehead atoms. The van der Waals surface area contributed by atoms with Gasteiger partial charge in [0.15, 0.2) is 17.1 Å². The molecule has 1 heterocycles. The lowest BCUT2D eigenvalue weighted by Gasteiger charge is -2.15. The standard InChI is InChI=1S/C20H19ClFN5O4S/c1-3-26-19(12(2)31-15-7-4-13(22)5-8-15)24-25-20(26)32-11-18(28)23-17-10-14(27(29)30)6-9-16(17)21/h4-10,12H,3,11H2,1-2H3,(H,23,28). The summed E-state index contributed by atoms with van der Waals surface area (Å²) in [5.41, 5.74) is -0.0201. The van der Waals surface area contributed by atoms with Crippen LogP contribution < -0.4 is 10.1 Å². The highest BCUT2D eigenvalue weighted by molar-refractivity contribution is 7.99. The number of nitrogens with one attached hydrogen (secondary N) is 1. The summed E-state index contributed by atoms with van der Waals surface area (Å²) in [7, 11) is 0. The largest absolute Gasteiger partial charge is 0.483 e. The zero-order chi connectivity index (χ0) is 23.3. The molecule has 0 fully saturated rings. The number of rotatable bonds is 9. The number of aromatic nitrogens is 3. The van der Waals surface area contributed by atoms with Gasteiger partial charge in [0, 0.05) is 18.7 Å². The number of anilines is 1. The average molecular weight is 480 g/mol. The minimum Gasteiger partial charge on any atom is -0.483 e. The van der Waals surface area contributed by atoms with Crippen LogP contribution in [-0.4, -0.2) is 31.3 Å². The van der Waals surface area contributed by atoms with Gasteiger partial charge in [-0.2, -0.15) is 0 Å². The molecular weight excluding hydrogens is 461 g/mol. The van der Waals surface area contributed by atoms with E-state index < -0.39 is 16.9 Å². The van der Waals surface area contributed by atoms with E-state index in [9.17, 15) is 19.3 Å². The average Bonchev–Trinajstić information content (AvgIpc) is 3.18. The molecule has 168 valence electrons. The lowest BCUT2D eigenvalue weighted by molar-refractivity contribution is -0.384. The number of halogens is 2. The maximum absolute atomic E-state index is 13.1. The van der Waals surface area contributed by atoms with Gasteiger partial charge < -0.3 is 14.6 Å². The van der Waals surface area contributed by atoms with Gasteiger partial charge >= 0.3 is 0 Å². The summed E-state index contributed by atoms with van der Waals surface area (Å²) in [4.78, 5) is 22.7. The number of hydrogen-bond donors (Lipinski definition) is 1. The minimum atomic E-state index is -0.568. The van der Waals surface area contributed by atoms with E-state index in [1.807, 2.05) is 11.5 Å². The second-order valence-electron chi connectivity index (χ2n) is 6.56. The van der Waals surface area contributed by atoms with Gasteiger partial charge in [0.1, 0.15) is 11.6 Å². The third-order valence-electron chi connectivity index (χ3n) is 4.32. The Bertz CT molecular complexity index is 1130. The number of hydrogen-bond acceptors (Lipinski definition) is 7. The lowest BCUT2D eigenvalue weighted by Crippen LogP contribution is -2.16. The molecule has 0 aliphatic carbocycles. The molecule has 1 N–H and O–H groups in total. The molecule has 9 nitrogen and oxygen atoms in total. The topological polar surface area (TPSA) is 112 Å². The van der Waals surface area contributed by atoms with Crippen molar-refractivity contribution < 1.29 is 18.8 Å². The van der Waals surface area contributed by atoms with Crippen LogP contribution in [0.25, 0.3) is 0 Å². The highest BCUT2D eigenvalue weighted by Crippen LogP contribution is 2.28. The van der Waals surface area contributed by atoms with Crippen molar-refractivity contribution in [3.63, 3.8) is 0 Å². The van der Waals surface area contributed by atoms with E-state index in [0.29, 0.717) is 23.3 Å². The van der Waals surface area contributed by atoms with Crippen molar-refractivity contribution in [2.75, 3.05) is 11.1 Å². The lowest BCUT2D eigenvalue weighted by atomic mass is 10.3. The van der Waals surface area contributed by atoms with Gasteiger partial charge in [-0.3, -0.25) is 14.9 Å². The Hall–Kier alpha value is -3.18. The van der Waals surface area contributed by atoms with E-state index in [-0.39, 0.29) is 28.0 Å². The first-order valence-corrected chi connectivity index (χ1v) is 10.9. The number of non-ortho nitro benzene ring substituents is 1. The van der Waals surface area contributed by atoms with Crippen molar-refractivity contribution in [3.8, 4) is 5.75 Å². The third-order valence-corrected chi connectivity index (χ3v) is 5.62. The van der Waals surface area contributed by atoms with Gasteiger partial charge in [0.05, 0.1) is 21.4 Å². The number of carbonyl (C=O) groups is 1. The smallest absolute Gasteiger partial charge is 0.271 e. The summed E-state index contributed by atoms with van der Waals surface area (Å²) in [6.07, 6.45) is -0.459. The summed E-state index contributed by atoms with van der Waals surface area (Å²) in [6, 6.07) is 9.47. The second-order valence-corrected chi connectivity index (χ2v) is 7.91. The summed E-state index contributed by atoms with van der Waals surface area (Å²) in [5.74, 6) is 0.281. The van der Waals surface area contributed by atoms with E-state index in [1.54, 1.807) is 6.92 Å². The molecule has 1 unspecified atom stereocenters. The van der Waals surface area contributed by atoms with Crippen LogP contribution in [-0.2, 0) is 11.3 Å². The Kier molecular flexibility index (Phi) is 7.65. The molecule has 0 aliphatic rings. The van der Waals surface area contributed by atoms with Crippen molar-refractivity contribution in [2.24, 2.45) is 0 Å². The van der Waals surface area contributed by atoms with Crippen LogP contribution in [0, 0.1) is 15.9 Å². The first-order chi connectivity index (χ1) is 15.3. The normalized spacial score (nSPS) is 11.8. The van der Waals surface area contributed by atoms with Crippen LogP contribution in [0.1, 0.15) is 25.8 Å². The van der Waals surface area contributed by atoms with Gasteiger partial charge in [-0.05, 0) is 44.2 Å². The molecule has 1 aromatic heterocycles. The third kappa shape index (κ3) is 5.74. The predicted octanol–water partition coefficient (Wildman–Crippen LogP) is 4.87. The van der Waals surface area contributed by atoms with Gasteiger partial charge in [-0.15, -0.1) is 10.2 Å². The quantitative estimate of drug-likeness (QED) is 0.264. The fourth-order valence-electron chi connectivity index (χ4n) is 2.81. The van der Waals surface area contributed by atoms with Crippen LogP contribution >= 0.6 is 23.4 Å². The summed E-state index contributed by atoms with van der Waals surface area (Å²) >= 11 is 7.17. The van der Waals surface area contributed by atoms with Gasteiger partial charge in [-0.25, -0.2) is 4.39 Å². The molecular formula is C20H19ClFN5O4S. The van der Waals surface area contributed by atoms with Crippen molar-refractivity contribution in [1.82, 2.24) is 14.8 Å². The SMILES string of the molecule is CCn1c(SCC(=O)Nc2cc([N+](=O)[O-])ccc2Cl)nnc1C(C)Oc1ccc(F)cc1. The number of thioether (sulfide) groups is 1. The van der Waals surface area contributed by atoms with Crippen LogP contribution in [0.5, 0.6) is 5.75 Å². The maximum Gasteiger partial charge on any atom is 0.271 e. The first kappa shape index (κ1) is 23.5. The Balaban J connectivity index is 1.65. The van der Waals surface area contributed by atoms with Crippen LogP contribution in [0.15, 0.2) is 47.6 Å². The number of ether oxygens (including phenoxy) is 1. The van der Waals surface area contributed by atoms with E-state index in [1.165, 1.54) is 42.5 Å². The maximum atomic E-state index is 13.1. The summed E-state index contributed by atoms with van der Waals surface area (Å²) in [6.45, 7) is 4.25. The molecule has 32 heavy (non-hydrogen) atoms. The number of nitro benzene ring substituents is 1. The van der Waals surface area contributed by atoms with Gasteiger partial charge in [-0.1, -0.05) is 23.4 Å².